The molecule has 0 aliphatic carbocycles. The standard InChI is InChI=1S/C22H20BrN3O2/c1-16(25-19-9-6-8-18(23)14-19)22(27)26-24-15-17-7-5-12-21(13-17)28-20-10-3-2-4-11-20/h2-16,25H,1H3,(H,26,27)/b24-15+. The first kappa shape index (κ1) is 19.6. The highest BCUT2D eigenvalue weighted by molar-refractivity contribution is 9.10. The summed E-state index contributed by atoms with van der Waals surface area (Å²) in [5.74, 6) is 1.23. The molecule has 3 rings (SSSR count). The van der Waals surface area contributed by atoms with E-state index in [4.69, 9.17) is 4.74 Å². The first-order valence-corrected chi connectivity index (χ1v) is 9.57. The number of hydrazone groups is 1. The molecule has 3 aromatic carbocycles. The zero-order valence-corrected chi connectivity index (χ0v) is 16.9. The molecule has 0 radical (unpaired) electrons. The van der Waals surface area contributed by atoms with Crippen molar-refractivity contribution in [1.82, 2.24) is 5.43 Å². The maximum atomic E-state index is 12.2. The molecule has 1 unspecified atom stereocenters. The van der Waals surface area contributed by atoms with Crippen molar-refractivity contribution >= 4 is 33.7 Å². The Morgan fingerprint density at radius 2 is 1.75 bits per heavy atom. The van der Waals surface area contributed by atoms with Crippen molar-refractivity contribution in [2.45, 2.75) is 13.0 Å². The second-order valence-corrected chi connectivity index (χ2v) is 7.01. The van der Waals surface area contributed by atoms with Crippen LogP contribution in [0.2, 0.25) is 0 Å². The minimum absolute atomic E-state index is 0.229. The van der Waals surface area contributed by atoms with Crippen LogP contribution in [0.4, 0.5) is 5.69 Å². The first-order chi connectivity index (χ1) is 13.6. The van der Waals surface area contributed by atoms with Gasteiger partial charge in [0.2, 0.25) is 0 Å². The van der Waals surface area contributed by atoms with Crippen LogP contribution < -0.4 is 15.5 Å². The molecule has 0 aliphatic rings. The molecule has 0 saturated carbocycles. The number of anilines is 1. The highest BCUT2D eigenvalue weighted by Gasteiger charge is 2.11. The number of carbonyl (C=O) groups is 1. The van der Waals surface area contributed by atoms with Gasteiger partial charge in [0.25, 0.3) is 5.91 Å². The van der Waals surface area contributed by atoms with Gasteiger partial charge >= 0.3 is 0 Å². The normalized spacial score (nSPS) is 11.8. The fourth-order valence-electron chi connectivity index (χ4n) is 2.44. The fourth-order valence-corrected chi connectivity index (χ4v) is 2.84. The van der Waals surface area contributed by atoms with Gasteiger partial charge in [-0.15, -0.1) is 0 Å². The van der Waals surface area contributed by atoms with Crippen LogP contribution in [0.3, 0.4) is 0 Å². The predicted molar refractivity (Wildman–Crippen MR) is 116 cm³/mol. The first-order valence-electron chi connectivity index (χ1n) is 8.78. The van der Waals surface area contributed by atoms with Crippen LogP contribution in [0.5, 0.6) is 11.5 Å². The molecular weight excluding hydrogens is 418 g/mol. The van der Waals surface area contributed by atoms with E-state index in [0.29, 0.717) is 5.75 Å². The van der Waals surface area contributed by atoms with E-state index < -0.39 is 6.04 Å². The zero-order chi connectivity index (χ0) is 19.8. The van der Waals surface area contributed by atoms with Gasteiger partial charge in [0.05, 0.1) is 6.21 Å². The van der Waals surface area contributed by atoms with E-state index in [1.165, 1.54) is 0 Å². The van der Waals surface area contributed by atoms with Gasteiger partial charge in [-0.2, -0.15) is 5.10 Å². The van der Waals surface area contributed by atoms with Gasteiger partial charge in [0.1, 0.15) is 17.5 Å². The summed E-state index contributed by atoms with van der Waals surface area (Å²) in [6.45, 7) is 1.78. The van der Waals surface area contributed by atoms with Crippen molar-refractivity contribution < 1.29 is 9.53 Å². The molecule has 28 heavy (non-hydrogen) atoms. The summed E-state index contributed by atoms with van der Waals surface area (Å²) in [5, 5.41) is 7.17. The van der Waals surface area contributed by atoms with Gasteiger partial charge < -0.3 is 10.1 Å². The fraction of sp³-hybridized carbons (Fsp3) is 0.0909. The highest BCUT2D eigenvalue weighted by Crippen LogP contribution is 2.21. The van der Waals surface area contributed by atoms with Crippen molar-refractivity contribution in [2.75, 3.05) is 5.32 Å². The Balaban J connectivity index is 1.55. The van der Waals surface area contributed by atoms with Crippen molar-refractivity contribution in [2.24, 2.45) is 5.10 Å². The van der Waals surface area contributed by atoms with Crippen LogP contribution in [-0.4, -0.2) is 18.2 Å². The number of benzene rings is 3. The van der Waals surface area contributed by atoms with Crippen LogP contribution in [0.1, 0.15) is 12.5 Å². The van der Waals surface area contributed by atoms with E-state index in [2.05, 4.69) is 31.8 Å². The Morgan fingerprint density at radius 1 is 1.00 bits per heavy atom. The highest BCUT2D eigenvalue weighted by atomic mass is 79.9. The number of amides is 1. The Labute approximate surface area is 172 Å². The van der Waals surface area contributed by atoms with Gasteiger partial charge in [0, 0.05) is 10.2 Å². The summed E-state index contributed by atoms with van der Waals surface area (Å²) in [7, 11) is 0. The number of halogens is 1. The lowest BCUT2D eigenvalue weighted by atomic mass is 10.2. The summed E-state index contributed by atoms with van der Waals surface area (Å²) in [6.07, 6.45) is 1.58. The molecule has 0 aromatic heterocycles. The lowest BCUT2D eigenvalue weighted by Gasteiger charge is -2.13. The van der Waals surface area contributed by atoms with E-state index in [1.54, 1.807) is 13.1 Å². The molecule has 0 spiro atoms. The Hall–Kier alpha value is -3.12. The second kappa shape index (κ2) is 9.71. The van der Waals surface area contributed by atoms with Gasteiger partial charge in [-0.05, 0) is 55.0 Å². The molecule has 1 amide bonds. The molecule has 5 nitrogen and oxygen atoms in total. The van der Waals surface area contributed by atoms with E-state index in [0.717, 1.165) is 21.5 Å². The van der Waals surface area contributed by atoms with Crippen LogP contribution in [-0.2, 0) is 4.79 Å². The van der Waals surface area contributed by atoms with Gasteiger partial charge in [-0.3, -0.25) is 4.79 Å². The minimum atomic E-state index is -0.431. The molecule has 3 aromatic rings. The molecule has 0 saturated heterocycles. The molecule has 6 heteroatoms. The van der Waals surface area contributed by atoms with Crippen LogP contribution in [0.25, 0.3) is 0 Å². The number of carbonyl (C=O) groups excluding carboxylic acids is 1. The third kappa shape index (κ3) is 5.96. The van der Waals surface area contributed by atoms with Gasteiger partial charge in [-0.1, -0.05) is 52.3 Å². The molecule has 0 aliphatic heterocycles. The number of nitrogens with zero attached hydrogens (tertiary/aromatic N) is 1. The van der Waals surface area contributed by atoms with Crippen LogP contribution >= 0.6 is 15.9 Å². The lowest BCUT2D eigenvalue weighted by molar-refractivity contribution is -0.121. The number of para-hydroxylation sites is 1. The zero-order valence-electron chi connectivity index (χ0n) is 15.3. The van der Waals surface area contributed by atoms with Crippen LogP contribution in [0.15, 0.2) is 88.4 Å². The minimum Gasteiger partial charge on any atom is -0.457 e. The van der Waals surface area contributed by atoms with Crippen molar-refractivity contribution in [1.29, 1.82) is 0 Å². The van der Waals surface area contributed by atoms with Crippen molar-refractivity contribution in [3.63, 3.8) is 0 Å². The molecule has 0 fully saturated rings. The number of hydrogen-bond donors (Lipinski definition) is 2. The Kier molecular flexibility index (Phi) is 6.81. The number of rotatable bonds is 7. The molecule has 1 atom stereocenters. The smallest absolute Gasteiger partial charge is 0.262 e. The summed E-state index contributed by atoms with van der Waals surface area (Å²) in [5.41, 5.74) is 4.22. The second-order valence-electron chi connectivity index (χ2n) is 6.10. The topological polar surface area (TPSA) is 62.7 Å². The lowest BCUT2D eigenvalue weighted by Crippen LogP contribution is -2.34. The molecular formula is C22H20BrN3O2. The quantitative estimate of drug-likeness (QED) is 0.394. The third-order valence-electron chi connectivity index (χ3n) is 3.83. The molecule has 142 valence electrons. The van der Waals surface area contributed by atoms with E-state index in [-0.39, 0.29) is 5.91 Å². The van der Waals surface area contributed by atoms with E-state index in [9.17, 15) is 4.79 Å². The number of hydrogen-bond acceptors (Lipinski definition) is 4. The van der Waals surface area contributed by atoms with E-state index >= 15 is 0 Å². The summed E-state index contributed by atoms with van der Waals surface area (Å²) in [4.78, 5) is 12.2. The van der Waals surface area contributed by atoms with Crippen molar-refractivity contribution in [3.05, 3.63) is 88.9 Å². The molecule has 0 bridgehead atoms. The summed E-state index contributed by atoms with van der Waals surface area (Å²) in [6, 6.07) is 24.2. The Bertz CT molecular complexity index is 961. The summed E-state index contributed by atoms with van der Waals surface area (Å²) >= 11 is 3.41. The van der Waals surface area contributed by atoms with Gasteiger partial charge in [-0.25, -0.2) is 5.43 Å². The number of nitrogens with one attached hydrogen (secondary N) is 2. The maximum absolute atomic E-state index is 12.2. The van der Waals surface area contributed by atoms with Crippen LogP contribution in [0, 0.1) is 0 Å². The van der Waals surface area contributed by atoms with Gasteiger partial charge in [0.15, 0.2) is 0 Å². The SMILES string of the molecule is CC(Nc1cccc(Br)c1)C(=O)N/N=C/c1cccc(Oc2ccccc2)c1. The average molecular weight is 438 g/mol. The van der Waals surface area contributed by atoms with E-state index in [1.807, 2.05) is 78.9 Å². The largest absolute Gasteiger partial charge is 0.457 e. The molecule has 2 N–H and O–H groups in total. The van der Waals surface area contributed by atoms with Crippen molar-refractivity contribution in [3.8, 4) is 11.5 Å². The average Bonchev–Trinajstić information content (AvgIpc) is 2.69. The maximum Gasteiger partial charge on any atom is 0.262 e. The third-order valence-corrected chi connectivity index (χ3v) is 4.32. The summed E-state index contributed by atoms with van der Waals surface area (Å²) < 4.78 is 6.74. The number of ether oxygens (including phenoxy) is 1. The monoisotopic (exact) mass is 437 g/mol. The molecule has 0 heterocycles. The Morgan fingerprint density at radius 3 is 2.54 bits per heavy atom. The predicted octanol–water partition coefficient (Wildman–Crippen LogP) is 5.19.